The third kappa shape index (κ3) is 3.89. The summed E-state index contributed by atoms with van der Waals surface area (Å²) < 4.78 is 13.3. The summed E-state index contributed by atoms with van der Waals surface area (Å²) in [4.78, 5) is 13.6. The van der Waals surface area contributed by atoms with E-state index in [0.29, 0.717) is 11.6 Å². The third-order valence-corrected chi connectivity index (χ3v) is 5.68. The summed E-state index contributed by atoms with van der Waals surface area (Å²) in [6.45, 7) is 1.70. The molecule has 1 atom stereocenters. The van der Waals surface area contributed by atoms with Crippen LogP contribution in [0.2, 0.25) is 0 Å². The minimum atomic E-state index is -0.664. The lowest BCUT2D eigenvalue weighted by Crippen LogP contribution is -2.38. The number of piperidine rings is 1. The summed E-state index contributed by atoms with van der Waals surface area (Å²) in [5, 5.41) is 9.17. The highest BCUT2D eigenvalue weighted by Gasteiger charge is 2.32. The maximum absolute atomic E-state index is 13.3. The summed E-state index contributed by atoms with van der Waals surface area (Å²) in [6, 6.07) is 13.1. The second-order valence-electron chi connectivity index (χ2n) is 7.38. The van der Waals surface area contributed by atoms with Crippen LogP contribution in [0.5, 0.6) is 0 Å². The lowest BCUT2D eigenvalue weighted by atomic mass is 9.94. The van der Waals surface area contributed by atoms with Gasteiger partial charge in [0.05, 0.1) is 5.92 Å². The molecule has 0 amide bonds. The first-order valence-corrected chi connectivity index (χ1v) is 9.47. The predicted octanol–water partition coefficient (Wildman–Crippen LogP) is 4.01. The standard InChI is InChI=1S/C23H22FNO2/c24-20-3-1-2-16(15-20)4-5-17-6-8-21-19(14-17)7-9-22(21)25-12-10-18(11-13-25)23(26)27/h1-3,6,8,14-15,18,22H,7,9-13H2,(H,26,27). The molecule has 0 aromatic heterocycles. The molecule has 0 spiro atoms. The quantitative estimate of drug-likeness (QED) is 0.820. The molecule has 1 aliphatic carbocycles. The Balaban J connectivity index is 1.48. The first-order chi connectivity index (χ1) is 13.1. The van der Waals surface area contributed by atoms with Crippen molar-refractivity contribution in [1.29, 1.82) is 0 Å². The number of carboxylic acids is 1. The van der Waals surface area contributed by atoms with Gasteiger partial charge in [0.2, 0.25) is 0 Å². The maximum Gasteiger partial charge on any atom is 0.306 e. The van der Waals surface area contributed by atoms with E-state index in [2.05, 4.69) is 28.9 Å². The van der Waals surface area contributed by atoms with Crippen molar-refractivity contribution in [3.05, 3.63) is 70.5 Å². The van der Waals surface area contributed by atoms with E-state index in [0.717, 1.165) is 44.3 Å². The van der Waals surface area contributed by atoms with Gasteiger partial charge in [-0.25, -0.2) is 4.39 Å². The molecular formula is C23H22FNO2. The highest BCUT2D eigenvalue weighted by molar-refractivity contribution is 5.70. The fraction of sp³-hybridized carbons (Fsp3) is 0.348. The molecule has 0 radical (unpaired) electrons. The Hall–Kier alpha value is -2.64. The smallest absolute Gasteiger partial charge is 0.306 e. The molecule has 2 aromatic rings. The molecule has 1 fully saturated rings. The van der Waals surface area contributed by atoms with Gasteiger partial charge in [-0.1, -0.05) is 24.0 Å². The van der Waals surface area contributed by atoms with Gasteiger partial charge >= 0.3 is 5.97 Å². The van der Waals surface area contributed by atoms with Gasteiger partial charge in [0.15, 0.2) is 0 Å². The normalized spacial score (nSPS) is 20.0. The van der Waals surface area contributed by atoms with Crippen LogP contribution in [0.3, 0.4) is 0 Å². The number of aryl methyl sites for hydroxylation is 1. The number of carbonyl (C=O) groups is 1. The van der Waals surface area contributed by atoms with E-state index in [1.165, 1.54) is 23.3 Å². The van der Waals surface area contributed by atoms with Crippen LogP contribution >= 0.6 is 0 Å². The van der Waals surface area contributed by atoms with Gasteiger partial charge in [-0.15, -0.1) is 0 Å². The maximum atomic E-state index is 13.3. The Labute approximate surface area is 158 Å². The molecule has 2 aliphatic rings. The second kappa shape index (κ2) is 7.54. The second-order valence-corrected chi connectivity index (χ2v) is 7.38. The average Bonchev–Trinajstić information content (AvgIpc) is 3.10. The molecule has 2 aromatic carbocycles. The molecular weight excluding hydrogens is 341 g/mol. The zero-order chi connectivity index (χ0) is 18.8. The number of likely N-dealkylation sites (tertiary alicyclic amines) is 1. The molecule has 1 N–H and O–H groups in total. The summed E-state index contributed by atoms with van der Waals surface area (Å²) in [5.41, 5.74) is 4.30. The van der Waals surface area contributed by atoms with Crippen molar-refractivity contribution >= 4 is 5.97 Å². The minimum absolute atomic E-state index is 0.192. The summed E-state index contributed by atoms with van der Waals surface area (Å²) in [6.07, 6.45) is 3.57. The van der Waals surface area contributed by atoms with Gasteiger partial charge in [0, 0.05) is 17.2 Å². The number of halogens is 1. The Morgan fingerprint density at radius 1 is 1.04 bits per heavy atom. The highest BCUT2D eigenvalue weighted by atomic mass is 19.1. The van der Waals surface area contributed by atoms with Crippen molar-refractivity contribution in [3.8, 4) is 11.8 Å². The predicted molar refractivity (Wildman–Crippen MR) is 102 cm³/mol. The summed E-state index contributed by atoms with van der Waals surface area (Å²) >= 11 is 0. The van der Waals surface area contributed by atoms with Crippen molar-refractivity contribution in [1.82, 2.24) is 4.90 Å². The van der Waals surface area contributed by atoms with E-state index in [4.69, 9.17) is 0 Å². The van der Waals surface area contributed by atoms with Gasteiger partial charge in [0.1, 0.15) is 5.82 Å². The van der Waals surface area contributed by atoms with E-state index in [-0.39, 0.29) is 11.7 Å². The molecule has 0 saturated carbocycles. The highest BCUT2D eigenvalue weighted by Crippen LogP contribution is 2.38. The Kier molecular flexibility index (Phi) is 4.96. The summed E-state index contributed by atoms with van der Waals surface area (Å²) in [7, 11) is 0. The first-order valence-electron chi connectivity index (χ1n) is 9.47. The van der Waals surface area contributed by atoms with E-state index in [1.807, 2.05) is 6.07 Å². The number of hydrogen-bond acceptors (Lipinski definition) is 2. The number of nitrogens with zero attached hydrogens (tertiary/aromatic N) is 1. The minimum Gasteiger partial charge on any atom is -0.481 e. The fourth-order valence-electron chi connectivity index (χ4n) is 4.22. The van der Waals surface area contributed by atoms with Crippen LogP contribution < -0.4 is 0 Å². The van der Waals surface area contributed by atoms with Crippen LogP contribution in [0.4, 0.5) is 4.39 Å². The van der Waals surface area contributed by atoms with Crippen LogP contribution in [-0.4, -0.2) is 29.1 Å². The Bertz CT molecular complexity index is 919. The van der Waals surface area contributed by atoms with Gasteiger partial charge < -0.3 is 5.11 Å². The third-order valence-electron chi connectivity index (χ3n) is 5.68. The van der Waals surface area contributed by atoms with Crippen LogP contribution in [0.15, 0.2) is 42.5 Å². The molecule has 4 heteroatoms. The number of aliphatic carboxylic acids is 1. The van der Waals surface area contributed by atoms with Crippen LogP contribution in [0.25, 0.3) is 0 Å². The molecule has 4 rings (SSSR count). The van der Waals surface area contributed by atoms with Crippen LogP contribution in [0.1, 0.15) is 47.6 Å². The van der Waals surface area contributed by atoms with Crippen molar-refractivity contribution in [3.63, 3.8) is 0 Å². The molecule has 1 unspecified atom stereocenters. The number of rotatable bonds is 2. The van der Waals surface area contributed by atoms with Gasteiger partial charge in [-0.3, -0.25) is 9.69 Å². The van der Waals surface area contributed by atoms with Crippen molar-refractivity contribution in [2.75, 3.05) is 13.1 Å². The zero-order valence-electron chi connectivity index (χ0n) is 15.1. The Morgan fingerprint density at radius 3 is 2.48 bits per heavy atom. The molecule has 138 valence electrons. The SMILES string of the molecule is O=C(O)C1CCN(C2CCc3cc(C#Cc4cccc(F)c4)ccc32)CC1. The van der Waals surface area contributed by atoms with Crippen molar-refractivity contribution in [2.24, 2.45) is 5.92 Å². The van der Waals surface area contributed by atoms with Crippen molar-refractivity contribution < 1.29 is 14.3 Å². The monoisotopic (exact) mass is 363 g/mol. The number of fused-ring (bicyclic) bond motifs is 1. The van der Waals surface area contributed by atoms with E-state index in [1.54, 1.807) is 12.1 Å². The van der Waals surface area contributed by atoms with Crippen LogP contribution in [0, 0.1) is 23.6 Å². The van der Waals surface area contributed by atoms with Crippen LogP contribution in [-0.2, 0) is 11.2 Å². The lowest BCUT2D eigenvalue weighted by Gasteiger charge is -2.35. The molecule has 27 heavy (non-hydrogen) atoms. The van der Waals surface area contributed by atoms with E-state index < -0.39 is 5.97 Å². The van der Waals surface area contributed by atoms with Gasteiger partial charge in [-0.05, 0) is 80.2 Å². The van der Waals surface area contributed by atoms with Gasteiger partial charge in [0.25, 0.3) is 0 Å². The fourth-order valence-corrected chi connectivity index (χ4v) is 4.22. The largest absolute Gasteiger partial charge is 0.481 e. The topological polar surface area (TPSA) is 40.5 Å². The molecule has 1 heterocycles. The summed E-state index contributed by atoms with van der Waals surface area (Å²) in [5.74, 6) is 5.03. The van der Waals surface area contributed by atoms with E-state index >= 15 is 0 Å². The molecule has 1 aliphatic heterocycles. The Morgan fingerprint density at radius 2 is 1.78 bits per heavy atom. The zero-order valence-corrected chi connectivity index (χ0v) is 15.1. The lowest BCUT2D eigenvalue weighted by molar-refractivity contribution is -0.143. The number of hydrogen-bond donors (Lipinski definition) is 1. The van der Waals surface area contributed by atoms with Gasteiger partial charge in [-0.2, -0.15) is 0 Å². The molecule has 0 bridgehead atoms. The van der Waals surface area contributed by atoms with E-state index in [9.17, 15) is 14.3 Å². The number of carboxylic acid groups (broad SMARTS) is 1. The number of benzene rings is 2. The van der Waals surface area contributed by atoms with Crippen molar-refractivity contribution in [2.45, 2.75) is 31.7 Å². The average molecular weight is 363 g/mol. The molecule has 1 saturated heterocycles. The molecule has 3 nitrogen and oxygen atoms in total. The first kappa shape index (κ1) is 17.8.